The number of hydrogen-bond donors (Lipinski definition) is 2. The first-order valence-corrected chi connectivity index (χ1v) is 11.3. The highest BCUT2D eigenvalue weighted by Crippen LogP contribution is 2.51. The van der Waals surface area contributed by atoms with Gasteiger partial charge in [0.15, 0.2) is 0 Å². The molecule has 0 spiro atoms. The molecule has 3 saturated carbocycles. The Kier molecular flexibility index (Phi) is 5.76. The normalized spacial score (nSPS) is 24.0. The molecule has 0 aliphatic heterocycles. The first-order valence-electron chi connectivity index (χ1n) is 11.3. The summed E-state index contributed by atoms with van der Waals surface area (Å²) in [6.45, 7) is 0. The fourth-order valence-corrected chi connectivity index (χ4v) is 6.07. The smallest absolute Gasteiger partial charge is 0.126 e. The molecule has 1 aromatic rings. The standard InChI is InChI=1S/C24H36O2/c25-21-16-20(17-10-4-1-5-11-17)22(18-12-6-2-7-13-18)24(26)23(21)19-14-8-3-9-15-19/h16-19,25-26H,1-15H2. The van der Waals surface area contributed by atoms with E-state index in [4.69, 9.17) is 0 Å². The quantitative estimate of drug-likeness (QED) is 0.599. The van der Waals surface area contributed by atoms with Gasteiger partial charge >= 0.3 is 0 Å². The van der Waals surface area contributed by atoms with Gasteiger partial charge in [0.2, 0.25) is 0 Å². The lowest BCUT2D eigenvalue weighted by molar-refractivity contribution is 0.367. The van der Waals surface area contributed by atoms with E-state index >= 15 is 0 Å². The van der Waals surface area contributed by atoms with Crippen molar-refractivity contribution in [3.63, 3.8) is 0 Å². The van der Waals surface area contributed by atoms with Crippen molar-refractivity contribution in [2.75, 3.05) is 0 Å². The van der Waals surface area contributed by atoms with Gasteiger partial charge in [-0.2, -0.15) is 0 Å². The van der Waals surface area contributed by atoms with Gasteiger partial charge in [-0.3, -0.25) is 0 Å². The van der Waals surface area contributed by atoms with Crippen molar-refractivity contribution in [1.82, 2.24) is 0 Å². The molecule has 0 aromatic heterocycles. The zero-order valence-electron chi connectivity index (χ0n) is 16.3. The van der Waals surface area contributed by atoms with E-state index in [0.29, 0.717) is 29.3 Å². The Hall–Kier alpha value is -1.18. The van der Waals surface area contributed by atoms with E-state index in [1.807, 2.05) is 0 Å². The lowest BCUT2D eigenvalue weighted by Gasteiger charge is -2.33. The van der Waals surface area contributed by atoms with Crippen molar-refractivity contribution < 1.29 is 10.2 Å². The Bertz CT molecular complexity index is 603. The number of phenolic OH excluding ortho intramolecular Hbond substituents is 2. The van der Waals surface area contributed by atoms with Crippen LogP contribution in [0.1, 0.15) is 131 Å². The van der Waals surface area contributed by atoms with Gasteiger partial charge in [0.25, 0.3) is 0 Å². The predicted molar refractivity (Wildman–Crippen MR) is 107 cm³/mol. The van der Waals surface area contributed by atoms with Crippen LogP contribution in [0.15, 0.2) is 6.07 Å². The Morgan fingerprint density at radius 2 is 0.962 bits per heavy atom. The average Bonchev–Trinajstić information content (AvgIpc) is 2.70. The van der Waals surface area contributed by atoms with Gasteiger partial charge in [-0.1, -0.05) is 57.8 Å². The highest BCUT2D eigenvalue weighted by molar-refractivity contribution is 5.57. The van der Waals surface area contributed by atoms with E-state index in [1.54, 1.807) is 0 Å². The lowest BCUT2D eigenvalue weighted by Crippen LogP contribution is -2.15. The van der Waals surface area contributed by atoms with Crippen LogP contribution in [0.2, 0.25) is 0 Å². The van der Waals surface area contributed by atoms with Gasteiger partial charge in [-0.15, -0.1) is 0 Å². The minimum Gasteiger partial charge on any atom is -0.508 e. The second kappa shape index (κ2) is 8.23. The number of rotatable bonds is 3. The molecule has 144 valence electrons. The zero-order valence-corrected chi connectivity index (χ0v) is 16.3. The first kappa shape index (κ1) is 18.2. The molecular formula is C24H36O2. The van der Waals surface area contributed by atoms with Crippen molar-refractivity contribution in [3.8, 4) is 11.5 Å². The van der Waals surface area contributed by atoms with Gasteiger partial charge in [0, 0.05) is 11.1 Å². The third kappa shape index (κ3) is 3.62. The molecule has 2 N–H and O–H groups in total. The number of hydrogen-bond acceptors (Lipinski definition) is 2. The molecule has 0 radical (unpaired) electrons. The van der Waals surface area contributed by atoms with Crippen molar-refractivity contribution in [2.24, 2.45) is 0 Å². The summed E-state index contributed by atoms with van der Waals surface area (Å²) < 4.78 is 0. The van der Waals surface area contributed by atoms with Crippen molar-refractivity contribution in [2.45, 2.75) is 114 Å². The molecular weight excluding hydrogens is 320 g/mol. The number of aromatic hydroxyl groups is 2. The molecule has 2 heteroatoms. The maximum absolute atomic E-state index is 11.4. The molecule has 4 rings (SSSR count). The van der Waals surface area contributed by atoms with Crippen LogP contribution >= 0.6 is 0 Å². The summed E-state index contributed by atoms with van der Waals surface area (Å²) in [6.07, 6.45) is 18.7. The van der Waals surface area contributed by atoms with Crippen molar-refractivity contribution in [1.29, 1.82) is 0 Å². The predicted octanol–water partition coefficient (Wildman–Crippen LogP) is 7.24. The second-order valence-electron chi connectivity index (χ2n) is 9.17. The molecule has 26 heavy (non-hydrogen) atoms. The largest absolute Gasteiger partial charge is 0.508 e. The molecule has 0 saturated heterocycles. The molecule has 1 aromatic carbocycles. The lowest BCUT2D eigenvalue weighted by atomic mass is 9.73. The Morgan fingerprint density at radius 3 is 1.46 bits per heavy atom. The van der Waals surface area contributed by atoms with Crippen molar-refractivity contribution in [3.05, 3.63) is 22.8 Å². The summed E-state index contributed by atoms with van der Waals surface area (Å²) in [6, 6.07) is 2.09. The van der Waals surface area contributed by atoms with E-state index in [-0.39, 0.29) is 0 Å². The highest BCUT2D eigenvalue weighted by atomic mass is 16.3. The summed E-state index contributed by atoms with van der Waals surface area (Å²) >= 11 is 0. The van der Waals surface area contributed by atoms with E-state index in [0.717, 1.165) is 18.4 Å². The van der Waals surface area contributed by atoms with Crippen LogP contribution in [0.25, 0.3) is 0 Å². The van der Waals surface area contributed by atoms with E-state index in [1.165, 1.54) is 94.6 Å². The summed E-state index contributed by atoms with van der Waals surface area (Å²) in [7, 11) is 0. The number of benzene rings is 1. The van der Waals surface area contributed by atoms with Crippen LogP contribution in [0.4, 0.5) is 0 Å². The minimum atomic E-state index is 0.353. The molecule has 0 bridgehead atoms. The van der Waals surface area contributed by atoms with Gasteiger partial charge in [0.05, 0.1) is 0 Å². The molecule has 0 atom stereocenters. The molecule has 0 unspecified atom stereocenters. The van der Waals surface area contributed by atoms with Gasteiger partial charge in [-0.05, 0) is 67.9 Å². The van der Waals surface area contributed by atoms with E-state index in [2.05, 4.69) is 6.07 Å². The van der Waals surface area contributed by atoms with E-state index in [9.17, 15) is 10.2 Å². The Balaban J connectivity index is 1.77. The Morgan fingerprint density at radius 1 is 0.538 bits per heavy atom. The van der Waals surface area contributed by atoms with Gasteiger partial charge in [0.1, 0.15) is 11.5 Å². The first-order chi connectivity index (χ1) is 12.8. The zero-order chi connectivity index (χ0) is 17.9. The van der Waals surface area contributed by atoms with Gasteiger partial charge in [-0.25, -0.2) is 0 Å². The summed E-state index contributed by atoms with van der Waals surface area (Å²) in [4.78, 5) is 0. The molecule has 0 heterocycles. The SMILES string of the molecule is Oc1cc(C2CCCCC2)c(C2CCCCC2)c(O)c1C1CCCCC1. The summed E-state index contributed by atoms with van der Waals surface area (Å²) in [5.74, 6) is 2.27. The van der Waals surface area contributed by atoms with Crippen LogP contribution in [0.3, 0.4) is 0 Å². The monoisotopic (exact) mass is 356 g/mol. The minimum absolute atomic E-state index is 0.353. The molecule has 0 amide bonds. The maximum atomic E-state index is 11.4. The fraction of sp³-hybridized carbons (Fsp3) is 0.750. The molecule has 3 fully saturated rings. The number of phenols is 2. The average molecular weight is 357 g/mol. The summed E-state index contributed by atoms with van der Waals surface area (Å²) in [5, 5.41) is 22.3. The van der Waals surface area contributed by atoms with Crippen LogP contribution in [0.5, 0.6) is 11.5 Å². The third-order valence-electron chi connectivity index (χ3n) is 7.46. The van der Waals surface area contributed by atoms with Gasteiger partial charge < -0.3 is 10.2 Å². The topological polar surface area (TPSA) is 40.5 Å². The molecule has 3 aliphatic carbocycles. The van der Waals surface area contributed by atoms with Crippen LogP contribution in [0, 0.1) is 0 Å². The highest BCUT2D eigenvalue weighted by Gasteiger charge is 2.32. The van der Waals surface area contributed by atoms with Crippen LogP contribution in [-0.2, 0) is 0 Å². The van der Waals surface area contributed by atoms with E-state index < -0.39 is 0 Å². The molecule has 3 aliphatic rings. The summed E-state index contributed by atoms with van der Waals surface area (Å²) in [5.41, 5.74) is 3.44. The molecule has 2 nitrogen and oxygen atoms in total. The fourth-order valence-electron chi connectivity index (χ4n) is 6.07. The van der Waals surface area contributed by atoms with Crippen molar-refractivity contribution >= 4 is 0 Å². The van der Waals surface area contributed by atoms with Crippen LogP contribution in [-0.4, -0.2) is 10.2 Å². The Labute approximate surface area is 159 Å². The maximum Gasteiger partial charge on any atom is 0.126 e. The second-order valence-corrected chi connectivity index (χ2v) is 9.17. The third-order valence-corrected chi connectivity index (χ3v) is 7.46. The van der Waals surface area contributed by atoms with Crippen LogP contribution < -0.4 is 0 Å².